The Hall–Kier alpha value is -0.120. The monoisotopic (exact) mass is 239 g/mol. The third-order valence-electron chi connectivity index (χ3n) is 4.81. The highest BCUT2D eigenvalue weighted by Crippen LogP contribution is 2.41. The molecule has 2 heterocycles. The lowest BCUT2D eigenvalue weighted by Gasteiger charge is -2.34. The lowest BCUT2D eigenvalue weighted by atomic mass is 9.76. The van der Waals surface area contributed by atoms with E-state index >= 15 is 0 Å². The highest BCUT2D eigenvalue weighted by molar-refractivity contribution is 4.96. The predicted octanol–water partition coefficient (Wildman–Crippen LogP) is 2.10. The second-order valence-electron chi connectivity index (χ2n) is 6.12. The van der Waals surface area contributed by atoms with Crippen molar-refractivity contribution in [3.8, 4) is 0 Å². The molecule has 1 N–H and O–H groups in total. The summed E-state index contributed by atoms with van der Waals surface area (Å²) in [5.41, 5.74) is 0.331. The maximum atomic E-state index is 5.84. The van der Waals surface area contributed by atoms with Crippen LogP contribution in [0.3, 0.4) is 0 Å². The molecule has 2 aliphatic heterocycles. The van der Waals surface area contributed by atoms with Gasteiger partial charge in [-0.2, -0.15) is 0 Å². The maximum absolute atomic E-state index is 5.84. The number of ether oxygens (including phenoxy) is 2. The van der Waals surface area contributed by atoms with E-state index in [1.807, 2.05) is 0 Å². The highest BCUT2D eigenvalue weighted by Gasteiger charge is 2.44. The van der Waals surface area contributed by atoms with Crippen LogP contribution in [0, 0.1) is 5.41 Å². The van der Waals surface area contributed by atoms with Crippen LogP contribution >= 0.6 is 0 Å². The highest BCUT2D eigenvalue weighted by atomic mass is 16.5. The summed E-state index contributed by atoms with van der Waals surface area (Å²) in [5.74, 6) is 0. The van der Waals surface area contributed by atoms with Crippen molar-refractivity contribution in [3.05, 3.63) is 0 Å². The summed E-state index contributed by atoms with van der Waals surface area (Å²) >= 11 is 0. The lowest BCUT2D eigenvalue weighted by Crippen LogP contribution is -2.42. The van der Waals surface area contributed by atoms with Gasteiger partial charge >= 0.3 is 0 Å². The Balaban J connectivity index is 1.61. The van der Waals surface area contributed by atoms with Gasteiger partial charge in [0.15, 0.2) is 0 Å². The summed E-state index contributed by atoms with van der Waals surface area (Å²) in [6, 6.07) is 0.796. The van der Waals surface area contributed by atoms with Crippen molar-refractivity contribution in [2.45, 2.75) is 63.7 Å². The average Bonchev–Trinajstić information content (AvgIpc) is 2.90. The van der Waals surface area contributed by atoms with E-state index < -0.39 is 0 Å². The maximum Gasteiger partial charge on any atom is 0.0617 e. The molecule has 0 aromatic rings. The fourth-order valence-corrected chi connectivity index (χ4v) is 3.29. The number of hydrogen-bond acceptors (Lipinski definition) is 3. The zero-order valence-corrected chi connectivity index (χ0v) is 10.9. The average molecular weight is 239 g/mol. The Morgan fingerprint density at radius 3 is 2.65 bits per heavy atom. The van der Waals surface area contributed by atoms with Gasteiger partial charge in [-0.3, -0.25) is 0 Å². The van der Waals surface area contributed by atoms with Gasteiger partial charge in [-0.15, -0.1) is 0 Å². The summed E-state index contributed by atoms with van der Waals surface area (Å²) in [5, 5.41) is 3.71. The minimum atomic E-state index is 0.331. The second-order valence-corrected chi connectivity index (χ2v) is 6.12. The van der Waals surface area contributed by atoms with E-state index in [-0.39, 0.29) is 0 Å². The summed E-state index contributed by atoms with van der Waals surface area (Å²) < 4.78 is 11.7. The van der Waals surface area contributed by atoms with E-state index in [4.69, 9.17) is 9.47 Å². The Bertz CT molecular complexity index is 261. The Morgan fingerprint density at radius 1 is 1.18 bits per heavy atom. The van der Waals surface area contributed by atoms with E-state index in [1.165, 1.54) is 38.5 Å². The second kappa shape index (κ2) is 4.87. The Kier molecular flexibility index (Phi) is 3.42. The van der Waals surface area contributed by atoms with Crippen LogP contribution in [0.1, 0.15) is 45.4 Å². The summed E-state index contributed by atoms with van der Waals surface area (Å²) in [7, 11) is 0. The molecule has 98 valence electrons. The van der Waals surface area contributed by atoms with Crippen LogP contribution in [-0.2, 0) is 9.47 Å². The van der Waals surface area contributed by atoms with Crippen LogP contribution < -0.4 is 5.32 Å². The van der Waals surface area contributed by atoms with Crippen molar-refractivity contribution in [2.24, 2.45) is 5.41 Å². The van der Waals surface area contributed by atoms with Crippen LogP contribution in [0.2, 0.25) is 0 Å². The smallest absolute Gasteiger partial charge is 0.0617 e. The van der Waals surface area contributed by atoms with Gasteiger partial charge in [0.05, 0.1) is 12.2 Å². The first kappa shape index (κ1) is 11.9. The fraction of sp³-hybridized carbons (Fsp3) is 1.00. The van der Waals surface area contributed by atoms with Gasteiger partial charge in [0.2, 0.25) is 0 Å². The van der Waals surface area contributed by atoms with Crippen molar-refractivity contribution in [2.75, 3.05) is 19.8 Å². The molecule has 0 amide bonds. The molecule has 3 unspecified atom stereocenters. The molecule has 1 aliphatic carbocycles. The molecular weight excluding hydrogens is 214 g/mol. The molecule has 3 fully saturated rings. The molecule has 0 bridgehead atoms. The van der Waals surface area contributed by atoms with E-state index in [0.717, 1.165) is 25.8 Å². The number of nitrogens with one attached hydrogen (secondary N) is 1. The summed E-state index contributed by atoms with van der Waals surface area (Å²) in [6.07, 6.45) is 8.49. The first-order valence-electron chi connectivity index (χ1n) is 7.25. The fourth-order valence-electron chi connectivity index (χ4n) is 3.29. The summed E-state index contributed by atoms with van der Waals surface area (Å²) in [6.45, 7) is 5.27. The van der Waals surface area contributed by atoms with Gasteiger partial charge < -0.3 is 14.8 Å². The lowest BCUT2D eigenvalue weighted by molar-refractivity contribution is 0.0147. The van der Waals surface area contributed by atoms with Crippen LogP contribution in [0.15, 0.2) is 0 Å². The SMILES string of the molecule is CC1OCCC1(CNC1CC1)CC1CCCO1. The van der Waals surface area contributed by atoms with Crippen LogP contribution in [0.4, 0.5) is 0 Å². The molecule has 0 spiro atoms. The molecule has 0 radical (unpaired) electrons. The van der Waals surface area contributed by atoms with Gasteiger partial charge in [-0.05, 0) is 45.4 Å². The van der Waals surface area contributed by atoms with Crippen molar-refractivity contribution >= 4 is 0 Å². The third-order valence-corrected chi connectivity index (χ3v) is 4.81. The molecule has 3 nitrogen and oxygen atoms in total. The van der Waals surface area contributed by atoms with Gasteiger partial charge in [0.1, 0.15) is 0 Å². The first-order chi connectivity index (χ1) is 8.28. The van der Waals surface area contributed by atoms with Crippen LogP contribution in [-0.4, -0.2) is 38.0 Å². The van der Waals surface area contributed by atoms with Crippen molar-refractivity contribution in [3.63, 3.8) is 0 Å². The van der Waals surface area contributed by atoms with Crippen molar-refractivity contribution in [1.29, 1.82) is 0 Å². The van der Waals surface area contributed by atoms with E-state index in [1.54, 1.807) is 0 Å². The van der Waals surface area contributed by atoms with Gasteiger partial charge in [-0.1, -0.05) is 0 Å². The molecule has 0 aromatic carbocycles. The molecule has 1 saturated carbocycles. The first-order valence-corrected chi connectivity index (χ1v) is 7.25. The third kappa shape index (κ3) is 2.67. The molecule has 17 heavy (non-hydrogen) atoms. The standard InChI is InChI=1S/C14H25NO2/c1-11-14(6-8-16-11,10-15-12-4-5-12)9-13-3-2-7-17-13/h11-13,15H,2-10H2,1H3. The molecule has 0 aromatic heterocycles. The van der Waals surface area contributed by atoms with Crippen molar-refractivity contribution < 1.29 is 9.47 Å². The van der Waals surface area contributed by atoms with E-state index in [2.05, 4.69) is 12.2 Å². The van der Waals surface area contributed by atoms with Crippen LogP contribution in [0.25, 0.3) is 0 Å². The van der Waals surface area contributed by atoms with Gasteiger partial charge in [0, 0.05) is 31.2 Å². The summed E-state index contributed by atoms with van der Waals surface area (Å²) in [4.78, 5) is 0. The van der Waals surface area contributed by atoms with Crippen molar-refractivity contribution in [1.82, 2.24) is 5.32 Å². The van der Waals surface area contributed by atoms with Gasteiger partial charge in [0.25, 0.3) is 0 Å². The van der Waals surface area contributed by atoms with Gasteiger partial charge in [-0.25, -0.2) is 0 Å². The molecule has 3 rings (SSSR count). The Morgan fingerprint density at radius 2 is 2.06 bits per heavy atom. The zero-order chi connectivity index (χ0) is 11.7. The van der Waals surface area contributed by atoms with Crippen LogP contribution in [0.5, 0.6) is 0 Å². The normalized spacial score (nSPS) is 42.2. The minimum Gasteiger partial charge on any atom is -0.378 e. The topological polar surface area (TPSA) is 30.5 Å². The quantitative estimate of drug-likeness (QED) is 0.797. The molecule has 3 aliphatic rings. The predicted molar refractivity (Wildman–Crippen MR) is 67.1 cm³/mol. The zero-order valence-electron chi connectivity index (χ0n) is 10.9. The Labute approximate surface area is 104 Å². The van der Waals surface area contributed by atoms with E-state index in [9.17, 15) is 0 Å². The molecular formula is C14H25NO2. The number of rotatable bonds is 5. The minimum absolute atomic E-state index is 0.331. The molecule has 3 heteroatoms. The molecule has 3 atom stereocenters. The molecule has 2 saturated heterocycles. The van der Waals surface area contributed by atoms with E-state index in [0.29, 0.717) is 17.6 Å². The largest absolute Gasteiger partial charge is 0.378 e. The number of hydrogen-bond donors (Lipinski definition) is 1.